The largest absolute Gasteiger partial charge is 0.368 e. The number of nitriles is 1. The maximum absolute atomic E-state index is 9.78. The minimum atomic E-state index is 0.604. The first kappa shape index (κ1) is 17.9. The molecule has 7 heteroatoms. The maximum atomic E-state index is 9.78. The van der Waals surface area contributed by atoms with E-state index >= 15 is 0 Å². The van der Waals surface area contributed by atoms with Gasteiger partial charge in [-0.1, -0.05) is 17.7 Å². The van der Waals surface area contributed by atoms with E-state index in [0.717, 1.165) is 68.8 Å². The Hall–Kier alpha value is -2.52. The van der Waals surface area contributed by atoms with Crippen molar-refractivity contribution in [3.05, 3.63) is 40.7 Å². The van der Waals surface area contributed by atoms with Crippen LogP contribution in [0.25, 0.3) is 0 Å². The van der Waals surface area contributed by atoms with E-state index in [-0.39, 0.29) is 0 Å². The van der Waals surface area contributed by atoms with Crippen LogP contribution in [0.4, 0.5) is 17.3 Å². The highest BCUT2D eigenvalue weighted by molar-refractivity contribution is 6.30. The monoisotopic (exact) mass is 382 g/mol. The highest BCUT2D eigenvalue weighted by Crippen LogP contribution is 2.30. The van der Waals surface area contributed by atoms with Crippen LogP contribution in [0, 0.1) is 18.3 Å². The highest BCUT2D eigenvalue weighted by Gasteiger charge is 2.26. The van der Waals surface area contributed by atoms with Gasteiger partial charge in [0.1, 0.15) is 18.0 Å². The van der Waals surface area contributed by atoms with Crippen molar-refractivity contribution in [3.63, 3.8) is 0 Å². The second-order valence-electron chi connectivity index (χ2n) is 7.11. The molecule has 2 aromatic rings. The molecule has 2 aliphatic heterocycles. The number of rotatable bonds is 3. The topological polar surface area (TPSA) is 59.3 Å². The van der Waals surface area contributed by atoms with Crippen LogP contribution in [-0.2, 0) is 0 Å². The zero-order valence-electron chi connectivity index (χ0n) is 15.5. The smallest absolute Gasteiger partial charge is 0.152 e. The molecule has 2 aliphatic rings. The Morgan fingerprint density at radius 2 is 1.52 bits per heavy atom. The molecule has 3 heterocycles. The van der Waals surface area contributed by atoms with E-state index in [1.54, 1.807) is 6.33 Å². The van der Waals surface area contributed by atoms with Gasteiger partial charge in [0.25, 0.3) is 0 Å². The van der Waals surface area contributed by atoms with Crippen LogP contribution < -0.4 is 14.7 Å². The Morgan fingerprint density at radius 1 is 0.926 bits per heavy atom. The molecule has 0 radical (unpaired) electrons. The second-order valence-corrected chi connectivity index (χ2v) is 7.54. The lowest BCUT2D eigenvalue weighted by Gasteiger charge is -2.38. The molecule has 1 aromatic heterocycles. The van der Waals surface area contributed by atoms with Gasteiger partial charge in [-0.25, -0.2) is 9.97 Å². The van der Waals surface area contributed by atoms with Gasteiger partial charge in [0.05, 0.1) is 0 Å². The molecule has 0 unspecified atom stereocenters. The number of anilines is 3. The van der Waals surface area contributed by atoms with Gasteiger partial charge in [0.2, 0.25) is 0 Å². The van der Waals surface area contributed by atoms with Crippen LogP contribution in [0.2, 0.25) is 5.02 Å². The van der Waals surface area contributed by atoms with Crippen LogP contribution in [0.15, 0.2) is 24.5 Å². The fourth-order valence-electron chi connectivity index (χ4n) is 3.96. The second kappa shape index (κ2) is 7.61. The zero-order chi connectivity index (χ0) is 18.8. The van der Waals surface area contributed by atoms with Gasteiger partial charge in [0.15, 0.2) is 11.6 Å². The molecular weight excluding hydrogens is 360 g/mol. The summed E-state index contributed by atoms with van der Waals surface area (Å²) in [4.78, 5) is 15.6. The number of hydrogen-bond acceptors (Lipinski definition) is 6. The van der Waals surface area contributed by atoms with Crippen LogP contribution in [0.3, 0.4) is 0 Å². The standard InChI is InChI=1S/C20H23ClN6/c1-15-4-5-16(21)12-18(15)25-8-10-27(11-9-25)20-17(13-22)19(23-14-24-20)26-6-2-3-7-26/h4-5,12,14H,2-3,6-11H2,1H3. The Morgan fingerprint density at radius 3 is 2.15 bits per heavy atom. The number of hydrogen-bond donors (Lipinski definition) is 0. The molecule has 0 bridgehead atoms. The predicted octanol–water partition coefficient (Wildman–Crippen LogP) is 3.24. The molecule has 4 rings (SSSR count). The normalized spacial score (nSPS) is 17.3. The highest BCUT2D eigenvalue weighted by atomic mass is 35.5. The molecule has 2 saturated heterocycles. The molecule has 0 atom stereocenters. The van der Waals surface area contributed by atoms with E-state index in [9.17, 15) is 5.26 Å². The summed E-state index contributed by atoms with van der Waals surface area (Å²) in [5.41, 5.74) is 3.01. The third-order valence-corrected chi connectivity index (χ3v) is 5.65. The fraction of sp³-hybridized carbons (Fsp3) is 0.450. The van der Waals surface area contributed by atoms with Crippen molar-refractivity contribution < 1.29 is 0 Å². The predicted molar refractivity (Wildman–Crippen MR) is 109 cm³/mol. The van der Waals surface area contributed by atoms with E-state index in [0.29, 0.717) is 5.56 Å². The summed E-state index contributed by atoms with van der Waals surface area (Å²) in [7, 11) is 0. The summed E-state index contributed by atoms with van der Waals surface area (Å²) >= 11 is 6.19. The van der Waals surface area contributed by atoms with Gasteiger partial charge < -0.3 is 14.7 Å². The Kier molecular flexibility index (Phi) is 5.04. The van der Waals surface area contributed by atoms with Crippen LogP contribution in [-0.4, -0.2) is 49.2 Å². The molecule has 0 spiro atoms. The molecule has 0 saturated carbocycles. The Bertz CT molecular complexity index is 863. The van der Waals surface area contributed by atoms with Crippen molar-refractivity contribution in [2.45, 2.75) is 19.8 Å². The minimum Gasteiger partial charge on any atom is -0.368 e. The third-order valence-electron chi connectivity index (χ3n) is 5.42. The molecule has 27 heavy (non-hydrogen) atoms. The number of aromatic nitrogens is 2. The van der Waals surface area contributed by atoms with Crippen molar-refractivity contribution in [2.75, 3.05) is 54.0 Å². The summed E-state index contributed by atoms with van der Waals surface area (Å²) in [6, 6.07) is 8.38. The lowest BCUT2D eigenvalue weighted by Crippen LogP contribution is -2.47. The zero-order valence-corrected chi connectivity index (χ0v) is 16.3. The lowest BCUT2D eigenvalue weighted by molar-refractivity contribution is 0.644. The van der Waals surface area contributed by atoms with E-state index in [1.807, 2.05) is 12.1 Å². The van der Waals surface area contributed by atoms with Gasteiger partial charge in [-0.05, 0) is 37.5 Å². The van der Waals surface area contributed by atoms with Crippen LogP contribution >= 0.6 is 11.6 Å². The van der Waals surface area contributed by atoms with E-state index in [2.05, 4.69) is 43.7 Å². The van der Waals surface area contributed by atoms with Gasteiger partial charge >= 0.3 is 0 Å². The third kappa shape index (κ3) is 3.52. The molecule has 140 valence electrons. The van der Waals surface area contributed by atoms with Crippen LogP contribution in [0.1, 0.15) is 24.0 Å². The summed E-state index contributed by atoms with van der Waals surface area (Å²) in [5.74, 6) is 1.55. The Balaban J connectivity index is 1.54. The maximum Gasteiger partial charge on any atom is 0.152 e. The molecule has 0 amide bonds. The lowest BCUT2D eigenvalue weighted by atomic mass is 10.1. The number of benzene rings is 1. The molecule has 1 aromatic carbocycles. The number of nitrogens with zero attached hydrogens (tertiary/aromatic N) is 6. The average Bonchev–Trinajstić information content (AvgIpc) is 3.24. The first-order valence-electron chi connectivity index (χ1n) is 9.43. The van der Waals surface area contributed by atoms with E-state index in [4.69, 9.17) is 11.6 Å². The number of piperazine rings is 1. The molecule has 2 fully saturated rings. The Labute approximate surface area is 165 Å². The van der Waals surface area contributed by atoms with Crippen molar-refractivity contribution in [3.8, 4) is 6.07 Å². The molecule has 0 aliphatic carbocycles. The SMILES string of the molecule is Cc1ccc(Cl)cc1N1CCN(c2ncnc(N3CCCC3)c2C#N)CC1. The van der Waals surface area contributed by atoms with Gasteiger partial charge in [-0.3, -0.25) is 0 Å². The number of halogens is 1. The minimum absolute atomic E-state index is 0.604. The van der Waals surface area contributed by atoms with Crippen molar-refractivity contribution >= 4 is 28.9 Å². The molecule has 0 N–H and O–H groups in total. The van der Waals surface area contributed by atoms with E-state index < -0.39 is 0 Å². The fourth-order valence-corrected chi connectivity index (χ4v) is 4.12. The quantitative estimate of drug-likeness (QED) is 0.812. The summed E-state index contributed by atoms with van der Waals surface area (Å²) in [6.45, 7) is 7.41. The summed E-state index contributed by atoms with van der Waals surface area (Å²) in [5, 5.41) is 10.5. The van der Waals surface area contributed by atoms with Gasteiger partial charge in [-0.15, -0.1) is 0 Å². The van der Waals surface area contributed by atoms with Crippen molar-refractivity contribution in [2.24, 2.45) is 0 Å². The summed E-state index contributed by atoms with van der Waals surface area (Å²) < 4.78 is 0. The molecule has 6 nitrogen and oxygen atoms in total. The first-order valence-corrected chi connectivity index (χ1v) is 9.81. The average molecular weight is 383 g/mol. The van der Waals surface area contributed by atoms with Crippen molar-refractivity contribution in [1.29, 1.82) is 5.26 Å². The van der Waals surface area contributed by atoms with Crippen LogP contribution in [0.5, 0.6) is 0 Å². The van der Waals surface area contributed by atoms with Gasteiger partial charge in [0, 0.05) is 50.0 Å². The number of aryl methyl sites for hydroxylation is 1. The first-order chi connectivity index (χ1) is 13.2. The molecular formula is C20H23ClN6. The van der Waals surface area contributed by atoms with E-state index in [1.165, 1.54) is 11.3 Å². The summed E-state index contributed by atoms with van der Waals surface area (Å²) in [6.07, 6.45) is 3.90. The van der Waals surface area contributed by atoms with Crippen molar-refractivity contribution in [1.82, 2.24) is 9.97 Å². The van der Waals surface area contributed by atoms with Gasteiger partial charge in [-0.2, -0.15) is 5.26 Å².